The molecule has 1 saturated heterocycles. The van der Waals surface area contributed by atoms with E-state index in [9.17, 15) is 14.3 Å². The van der Waals surface area contributed by atoms with Crippen LogP contribution in [0.4, 0.5) is 4.39 Å². The Kier molecular flexibility index (Phi) is 7.01. The summed E-state index contributed by atoms with van der Waals surface area (Å²) in [4.78, 5) is 15.4. The molecule has 0 radical (unpaired) electrons. The van der Waals surface area contributed by atoms with Crippen LogP contribution in [0.5, 0.6) is 0 Å². The second-order valence-corrected chi connectivity index (χ2v) is 10.2. The van der Waals surface area contributed by atoms with Gasteiger partial charge in [0.1, 0.15) is 5.82 Å². The van der Waals surface area contributed by atoms with E-state index in [4.69, 9.17) is 11.6 Å². The highest BCUT2D eigenvalue weighted by Gasteiger charge is 2.40. The van der Waals surface area contributed by atoms with Gasteiger partial charge < -0.3 is 10.0 Å². The number of likely N-dealkylation sites (tertiary alicyclic amines) is 1. The van der Waals surface area contributed by atoms with Crippen LogP contribution < -0.4 is 0 Å². The normalized spacial score (nSPS) is 25.5. The molecule has 0 aromatic heterocycles. The zero-order chi connectivity index (χ0) is 21.1. The van der Waals surface area contributed by atoms with Crippen LogP contribution in [0, 0.1) is 17.7 Å². The Bertz CT molecular complexity index is 870. The van der Waals surface area contributed by atoms with Crippen molar-refractivity contribution >= 4 is 29.3 Å². The zero-order valence-electron chi connectivity index (χ0n) is 16.8. The van der Waals surface area contributed by atoms with Crippen molar-refractivity contribution < 1.29 is 14.3 Å². The lowest BCUT2D eigenvalue weighted by atomic mass is 9.88. The van der Waals surface area contributed by atoms with Crippen LogP contribution in [-0.4, -0.2) is 40.9 Å². The van der Waals surface area contributed by atoms with Crippen molar-refractivity contribution in [1.82, 2.24) is 4.90 Å². The first-order valence-electron chi connectivity index (χ1n) is 10.6. The molecule has 0 unspecified atom stereocenters. The van der Waals surface area contributed by atoms with Crippen LogP contribution in [0.2, 0.25) is 5.02 Å². The number of hydrogen-bond donors (Lipinski definition) is 1. The standard InChI is InChI=1S/C24H27ClFNO2S/c25-22-3-1-2-4-23(22)30-20-13-18(21(14-20)24(28)29)15-27-11-9-17(10-12-27)16-5-7-19(26)8-6-16/h1-8,17-18,20-21H,9-15H2,(H,28,29)/t18-,20+,21+/m0/s1. The molecule has 0 amide bonds. The maximum atomic E-state index is 13.2. The molecule has 160 valence electrons. The van der Waals surface area contributed by atoms with Gasteiger partial charge >= 0.3 is 5.97 Å². The van der Waals surface area contributed by atoms with Crippen molar-refractivity contribution in [2.24, 2.45) is 11.8 Å². The second kappa shape index (κ2) is 9.71. The van der Waals surface area contributed by atoms with E-state index in [1.54, 1.807) is 11.8 Å². The number of hydrogen-bond acceptors (Lipinski definition) is 3. The zero-order valence-corrected chi connectivity index (χ0v) is 18.4. The Morgan fingerprint density at radius 1 is 1.10 bits per heavy atom. The minimum Gasteiger partial charge on any atom is -0.481 e. The van der Waals surface area contributed by atoms with E-state index in [1.165, 1.54) is 17.7 Å². The van der Waals surface area contributed by atoms with Gasteiger partial charge in [0.05, 0.1) is 10.9 Å². The van der Waals surface area contributed by atoms with Gasteiger partial charge in [0, 0.05) is 16.7 Å². The largest absolute Gasteiger partial charge is 0.481 e. The molecule has 30 heavy (non-hydrogen) atoms. The number of carbonyl (C=O) groups is 1. The van der Waals surface area contributed by atoms with Crippen LogP contribution >= 0.6 is 23.4 Å². The van der Waals surface area contributed by atoms with Crippen molar-refractivity contribution in [1.29, 1.82) is 0 Å². The first kappa shape index (κ1) is 21.7. The molecule has 1 N–H and O–H groups in total. The first-order valence-corrected chi connectivity index (χ1v) is 11.9. The summed E-state index contributed by atoms with van der Waals surface area (Å²) in [5, 5.41) is 10.8. The third-order valence-corrected chi connectivity index (χ3v) is 8.29. The van der Waals surface area contributed by atoms with Crippen LogP contribution in [0.3, 0.4) is 0 Å². The Morgan fingerprint density at radius 3 is 2.47 bits per heavy atom. The van der Waals surface area contributed by atoms with Crippen molar-refractivity contribution in [2.45, 2.75) is 41.7 Å². The number of piperidine rings is 1. The summed E-state index contributed by atoms with van der Waals surface area (Å²) in [6, 6.07) is 14.6. The van der Waals surface area contributed by atoms with Gasteiger partial charge in [-0.1, -0.05) is 35.9 Å². The fourth-order valence-electron chi connectivity index (χ4n) is 4.91. The highest BCUT2D eigenvalue weighted by Crippen LogP contribution is 2.44. The molecule has 0 bridgehead atoms. The van der Waals surface area contributed by atoms with Gasteiger partial charge in [-0.25, -0.2) is 4.39 Å². The molecule has 2 aromatic carbocycles. The van der Waals surface area contributed by atoms with E-state index < -0.39 is 5.97 Å². The molecule has 2 fully saturated rings. The third kappa shape index (κ3) is 5.19. The third-order valence-electron chi connectivity index (χ3n) is 6.52. The molecular weight excluding hydrogens is 421 g/mol. The number of benzene rings is 2. The number of nitrogens with zero attached hydrogens (tertiary/aromatic N) is 1. The summed E-state index contributed by atoms with van der Waals surface area (Å²) in [7, 11) is 0. The van der Waals surface area contributed by atoms with E-state index in [1.807, 2.05) is 36.4 Å². The van der Waals surface area contributed by atoms with Crippen LogP contribution in [0.25, 0.3) is 0 Å². The minimum absolute atomic E-state index is 0.171. The maximum absolute atomic E-state index is 13.2. The minimum atomic E-state index is -0.677. The lowest BCUT2D eigenvalue weighted by molar-refractivity contribution is -0.143. The number of carboxylic acids is 1. The molecule has 1 saturated carbocycles. The topological polar surface area (TPSA) is 40.5 Å². The van der Waals surface area contributed by atoms with Crippen LogP contribution in [0.15, 0.2) is 53.4 Å². The summed E-state index contributed by atoms with van der Waals surface area (Å²) in [5.41, 5.74) is 1.21. The van der Waals surface area contributed by atoms with Crippen molar-refractivity contribution in [3.05, 3.63) is 64.9 Å². The Hall–Kier alpha value is -1.56. The van der Waals surface area contributed by atoms with Gasteiger partial charge in [-0.3, -0.25) is 4.79 Å². The van der Waals surface area contributed by atoms with Crippen LogP contribution in [0.1, 0.15) is 37.2 Å². The molecule has 1 aliphatic carbocycles. The Balaban J connectivity index is 1.33. The van der Waals surface area contributed by atoms with E-state index in [2.05, 4.69) is 4.90 Å². The molecule has 6 heteroatoms. The smallest absolute Gasteiger partial charge is 0.306 e. The highest BCUT2D eigenvalue weighted by molar-refractivity contribution is 8.00. The maximum Gasteiger partial charge on any atom is 0.306 e. The average Bonchev–Trinajstić information content (AvgIpc) is 3.13. The van der Waals surface area contributed by atoms with Gasteiger partial charge in [-0.05, 0) is 80.4 Å². The fraction of sp³-hybridized carbons (Fsp3) is 0.458. The van der Waals surface area contributed by atoms with Gasteiger partial charge in [0.15, 0.2) is 0 Å². The average molecular weight is 448 g/mol. The van der Waals surface area contributed by atoms with E-state index in [-0.39, 0.29) is 22.9 Å². The second-order valence-electron chi connectivity index (χ2n) is 8.47. The number of rotatable bonds is 6. The number of aliphatic carboxylic acids is 1. The molecule has 2 aliphatic rings. The van der Waals surface area contributed by atoms with E-state index in [0.717, 1.165) is 48.8 Å². The summed E-state index contributed by atoms with van der Waals surface area (Å²) in [6.45, 7) is 2.77. The molecule has 3 nitrogen and oxygen atoms in total. The molecule has 3 atom stereocenters. The molecule has 4 rings (SSSR count). The van der Waals surface area contributed by atoms with Gasteiger partial charge in [0.25, 0.3) is 0 Å². The molecule has 0 spiro atoms. The predicted molar refractivity (Wildman–Crippen MR) is 120 cm³/mol. The summed E-state index contributed by atoms with van der Waals surface area (Å²) >= 11 is 8.02. The van der Waals surface area contributed by atoms with Gasteiger partial charge in [-0.15, -0.1) is 11.8 Å². The quantitative estimate of drug-likeness (QED) is 0.595. The van der Waals surface area contributed by atoms with E-state index in [0.29, 0.717) is 12.3 Å². The molecular formula is C24H27ClFNO2S. The molecule has 2 aromatic rings. The van der Waals surface area contributed by atoms with Crippen LogP contribution in [-0.2, 0) is 4.79 Å². The lowest BCUT2D eigenvalue weighted by Crippen LogP contribution is -2.38. The Labute approximate surface area is 186 Å². The van der Waals surface area contributed by atoms with Crippen molar-refractivity contribution in [2.75, 3.05) is 19.6 Å². The lowest BCUT2D eigenvalue weighted by Gasteiger charge is -2.34. The summed E-state index contributed by atoms with van der Waals surface area (Å²) < 4.78 is 13.2. The Morgan fingerprint density at radius 2 is 1.80 bits per heavy atom. The fourth-order valence-corrected chi connectivity index (χ4v) is 6.52. The SMILES string of the molecule is O=C(O)[C@@H]1C[C@H](Sc2ccccc2Cl)C[C@H]1CN1CCC(c2ccc(F)cc2)CC1. The number of thioether (sulfide) groups is 1. The van der Waals surface area contributed by atoms with Crippen molar-refractivity contribution in [3.8, 4) is 0 Å². The van der Waals surface area contributed by atoms with Crippen molar-refractivity contribution in [3.63, 3.8) is 0 Å². The summed E-state index contributed by atoms with van der Waals surface area (Å²) in [5.74, 6) is -0.529. The summed E-state index contributed by atoms with van der Waals surface area (Å²) in [6.07, 6.45) is 3.68. The monoisotopic (exact) mass is 447 g/mol. The first-order chi connectivity index (χ1) is 14.5. The van der Waals surface area contributed by atoms with Gasteiger partial charge in [0.2, 0.25) is 0 Å². The molecule has 1 heterocycles. The number of halogens is 2. The predicted octanol–water partition coefficient (Wildman–Crippen LogP) is 5.93. The highest BCUT2D eigenvalue weighted by atomic mass is 35.5. The van der Waals surface area contributed by atoms with Gasteiger partial charge in [-0.2, -0.15) is 0 Å². The number of carboxylic acid groups (broad SMARTS) is 1. The molecule has 1 aliphatic heterocycles. The van der Waals surface area contributed by atoms with E-state index >= 15 is 0 Å².